The van der Waals surface area contributed by atoms with E-state index in [9.17, 15) is 4.79 Å². The van der Waals surface area contributed by atoms with Crippen LogP contribution in [0, 0.1) is 0 Å². The number of nitrogens with one attached hydrogen (secondary N) is 1. The molecule has 4 rings (SSSR count). The van der Waals surface area contributed by atoms with E-state index in [0.29, 0.717) is 0 Å². The number of benzene rings is 1. The summed E-state index contributed by atoms with van der Waals surface area (Å²) in [5, 5.41) is 3.40. The minimum Gasteiger partial charge on any atom is -0.348 e. The van der Waals surface area contributed by atoms with Crippen LogP contribution in [0.25, 0.3) is 0 Å². The van der Waals surface area contributed by atoms with Crippen molar-refractivity contribution in [2.24, 2.45) is 0 Å². The second kappa shape index (κ2) is 8.64. The van der Waals surface area contributed by atoms with Gasteiger partial charge in [0.1, 0.15) is 5.54 Å². The zero-order valence-electron chi connectivity index (χ0n) is 17.6. The van der Waals surface area contributed by atoms with Crippen molar-refractivity contribution in [3.63, 3.8) is 0 Å². The molecule has 5 heteroatoms. The third-order valence-electron chi connectivity index (χ3n) is 6.75. The van der Waals surface area contributed by atoms with Crippen molar-refractivity contribution in [3.8, 4) is 0 Å². The predicted octanol–water partition coefficient (Wildman–Crippen LogP) is 2.82. The summed E-state index contributed by atoms with van der Waals surface area (Å²) in [5.74, 6) is 0.169. The number of hydrogen-bond donors (Lipinski definition) is 1. The Kier molecular flexibility index (Phi) is 5.97. The van der Waals surface area contributed by atoms with Crippen molar-refractivity contribution >= 4 is 5.91 Å². The Morgan fingerprint density at radius 3 is 2.21 bits per heavy atom. The fourth-order valence-corrected chi connectivity index (χ4v) is 4.92. The van der Waals surface area contributed by atoms with Crippen LogP contribution in [0.2, 0.25) is 0 Å². The predicted molar refractivity (Wildman–Crippen MR) is 116 cm³/mol. The summed E-state index contributed by atoms with van der Waals surface area (Å²) in [7, 11) is 0. The van der Waals surface area contributed by atoms with E-state index in [4.69, 9.17) is 0 Å². The van der Waals surface area contributed by atoms with Gasteiger partial charge in [-0.3, -0.25) is 14.7 Å². The van der Waals surface area contributed by atoms with Crippen LogP contribution >= 0.6 is 0 Å². The minimum atomic E-state index is -0.482. The van der Waals surface area contributed by atoms with Crippen molar-refractivity contribution < 1.29 is 4.79 Å². The molecule has 1 aliphatic carbocycles. The van der Waals surface area contributed by atoms with Gasteiger partial charge in [0, 0.05) is 51.4 Å². The molecule has 29 heavy (non-hydrogen) atoms. The van der Waals surface area contributed by atoms with Gasteiger partial charge in [0.2, 0.25) is 5.91 Å². The number of fused-ring (bicyclic) bond motifs is 1. The molecule has 154 valence electrons. The maximum absolute atomic E-state index is 13.8. The zero-order valence-corrected chi connectivity index (χ0v) is 17.6. The summed E-state index contributed by atoms with van der Waals surface area (Å²) in [6.45, 7) is 9.37. The van der Waals surface area contributed by atoms with Crippen LogP contribution in [0.5, 0.6) is 0 Å². The van der Waals surface area contributed by atoms with Crippen molar-refractivity contribution in [3.05, 3.63) is 65.5 Å². The van der Waals surface area contributed by atoms with Gasteiger partial charge in [-0.15, -0.1) is 0 Å². The number of hydrogen-bond acceptors (Lipinski definition) is 4. The summed E-state index contributed by atoms with van der Waals surface area (Å²) in [5.41, 5.74) is 3.27. The number of likely N-dealkylation sites (N-methyl/N-ethyl adjacent to an activating group) is 1. The lowest BCUT2D eigenvalue weighted by molar-refractivity contribution is -0.135. The average molecular weight is 393 g/mol. The summed E-state index contributed by atoms with van der Waals surface area (Å²) in [4.78, 5) is 22.9. The Labute approximate surface area is 174 Å². The number of piperazine rings is 1. The third-order valence-corrected chi connectivity index (χ3v) is 6.75. The molecule has 1 atom stereocenters. The van der Waals surface area contributed by atoms with E-state index in [1.54, 1.807) is 12.4 Å². The van der Waals surface area contributed by atoms with Crippen molar-refractivity contribution in [2.45, 2.75) is 44.7 Å². The first-order chi connectivity index (χ1) is 14.2. The number of rotatable bonds is 6. The molecule has 2 aliphatic rings. The van der Waals surface area contributed by atoms with Gasteiger partial charge in [-0.05, 0) is 41.8 Å². The molecule has 2 aromatic rings. The highest BCUT2D eigenvalue weighted by molar-refractivity contribution is 5.88. The molecular formula is C24H32N4O. The van der Waals surface area contributed by atoms with E-state index in [-0.39, 0.29) is 11.9 Å². The van der Waals surface area contributed by atoms with Crippen molar-refractivity contribution in [1.29, 1.82) is 0 Å². The molecule has 5 nitrogen and oxygen atoms in total. The van der Waals surface area contributed by atoms with Gasteiger partial charge < -0.3 is 10.2 Å². The summed E-state index contributed by atoms with van der Waals surface area (Å²) < 4.78 is 0. The van der Waals surface area contributed by atoms with Crippen LogP contribution in [0.4, 0.5) is 0 Å². The largest absolute Gasteiger partial charge is 0.348 e. The molecule has 0 bridgehead atoms. The Balaban J connectivity index is 1.60. The first kappa shape index (κ1) is 20.0. The van der Waals surface area contributed by atoms with Crippen LogP contribution in [0.15, 0.2) is 48.8 Å². The standard InChI is InChI=1S/C24H32N4O/c1-3-22(19-9-11-25-12-10-19)26-23(29)24(28-15-13-27(4-2)14-16-28)17-20-7-5-6-8-21(20)18-24/h5-12,22H,3-4,13-18H2,1-2H3,(H,26,29)/t22-/m0/s1. The van der Waals surface area contributed by atoms with Gasteiger partial charge in [0.25, 0.3) is 0 Å². The van der Waals surface area contributed by atoms with Gasteiger partial charge in [-0.1, -0.05) is 38.1 Å². The smallest absolute Gasteiger partial charge is 0.241 e. The molecule has 0 spiro atoms. The molecular weight excluding hydrogens is 360 g/mol. The van der Waals surface area contributed by atoms with E-state index in [1.807, 2.05) is 12.1 Å². The molecule has 1 aliphatic heterocycles. The maximum Gasteiger partial charge on any atom is 0.241 e. The number of carbonyl (C=O) groups excluding carboxylic acids is 1. The molecule has 1 amide bonds. The topological polar surface area (TPSA) is 48.5 Å². The van der Waals surface area contributed by atoms with Gasteiger partial charge in [0.05, 0.1) is 6.04 Å². The van der Waals surface area contributed by atoms with Crippen LogP contribution in [0.1, 0.15) is 43.0 Å². The lowest BCUT2D eigenvalue weighted by Gasteiger charge is -2.45. The van der Waals surface area contributed by atoms with Crippen molar-refractivity contribution in [2.75, 3.05) is 32.7 Å². The monoisotopic (exact) mass is 392 g/mol. The Hall–Kier alpha value is -2.24. The number of aromatic nitrogens is 1. The molecule has 2 heterocycles. The zero-order chi connectivity index (χ0) is 20.3. The molecule has 1 fully saturated rings. The van der Waals surface area contributed by atoms with Crippen LogP contribution in [0.3, 0.4) is 0 Å². The summed E-state index contributed by atoms with van der Waals surface area (Å²) in [6, 6.07) is 12.6. The molecule has 1 aromatic carbocycles. The second-order valence-electron chi connectivity index (χ2n) is 8.29. The highest BCUT2D eigenvalue weighted by Crippen LogP contribution is 2.36. The lowest BCUT2D eigenvalue weighted by atomic mass is 9.90. The Morgan fingerprint density at radius 1 is 1.03 bits per heavy atom. The van der Waals surface area contributed by atoms with Gasteiger partial charge in [0.15, 0.2) is 0 Å². The number of amides is 1. The second-order valence-corrected chi connectivity index (χ2v) is 8.29. The van der Waals surface area contributed by atoms with Crippen molar-refractivity contribution in [1.82, 2.24) is 20.1 Å². The normalized spacial score (nSPS) is 20.2. The first-order valence-corrected chi connectivity index (χ1v) is 10.9. The molecule has 1 aromatic heterocycles. The van der Waals surface area contributed by atoms with Crippen LogP contribution in [-0.2, 0) is 17.6 Å². The van der Waals surface area contributed by atoms with Crippen LogP contribution in [-0.4, -0.2) is 59.0 Å². The highest BCUT2D eigenvalue weighted by atomic mass is 16.2. The third kappa shape index (κ3) is 3.94. The first-order valence-electron chi connectivity index (χ1n) is 10.9. The highest BCUT2D eigenvalue weighted by Gasteiger charge is 2.49. The minimum absolute atomic E-state index is 0.0167. The number of nitrogens with zero attached hydrogens (tertiary/aromatic N) is 3. The van der Waals surface area contributed by atoms with E-state index >= 15 is 0 Å². The molecule has 0 radical (unpaired) electrons. The van der Waals surface area contributed by atoms with E-state index in [0.717, 1.165) is 57.5 Å². The molecule has 0 saturated carbocycles. The molecule has 1 saturated heterocycles. The maximum atomic E-state index is 13.8. The quantitative estimate of drug-likeness (QED) is 0.821. The van der Waals surface area contributed by atoms with Crippen LogP contribution < -0.4 is 5.32 Å². The summed E-state index contributed by atoms with van der Waals surface area (Å²) >= 11 is 0. The van der Waals surface area contributed by atoms with E-state index in [1.165, 1.54) is 11.1 Å². The van der Waals surface area contributed by atoms with E-state index < -0.39 is 5.54 Å². The number of pyridine rings is 1. The molecule has 0 unspecified atom stereocenters. The Bertz CT molecular complexity index is 805. The average Bonchev–Trinajstić information content (AvgIpc) is 3.19. The van der Waals surface area contributed by atoms with Gasteiger partial charge in [-0.2, -0.15) is 0 Å². The molecule has 1 N–H and O–H groups in total. The SMILES string of the molecule is CC[C@H](NC(=O)C1(N2CCN(CC)CC2)Cc2ccccc2C1)c1ccncc1. The fourth-order valence-electron chi connectivity index (χ4n) is 4.92. The summed E-state index contributed by atoms with van der Waals surface area (Å²) in [6.07, 6.45) is 6.06. The fraction of sp³-hybridized carbons (Fsp3) is 0.500. The lowest BCUT2D eigenvalue weighted by Crippen LogP contribution is -2.64. The van der Waals surface area contributed by atoms with Gasteiger partial charge >= 0.3 is 0 Å². The number of carbonyl (C=O) groups is 1. The van der Waals surface area contributed by atoms with Gasteiger partial charge in [-0.25, -0.2) is 0 Å². The Morgan fingerprint density at radius 2 is 1.66 bits per heavy atom. The van der Waals surface area contributed by atoms with E-state index in [2.05, 4.69) is 58.2 Å².